The van der Waals surface area contributed by atoms with Gasteiger partial charge in [-0.2, -0.15) is 13.2 Å². The van der Waals surface area contributed by atoms with Crippen molar-refractivity contribution >= 4 is 27.5 Å². The molecule has 156 valence electrons. The first-order valence-electron chi connectivity index (χ1n) is 8.65. The fraction of sp³-hybridized carbons (Fsp3) is 0.500. The van der Waals surface area contributed by atoms with Crippen LogP contribution >= 0.6 is 11.6 Å². The Balaban J connectivity index is 2.24. The van der Waals surface area contributed by atoms with Crippen LogP contribution in [-0.2, 0) is 9.84 Å². The van der Waals surface area contributed by atoms with Gasteiger partial charge in [0.05, 0.1) is 12.0 Å². The molecule has 28 heavy (non-hydrogen) atoms. The zero-order valence-corrected chi connectivity index (χ0v) is 17.0. The fourth-order valence-electron chi connectivity index (χ4n) is 3.13. The van der Waals surface area contributed by atoms with Gasteiger partial charge in [0.2, 0.25) is 0 Å². The molecule has 1 N–H and O–H groups in total. The summed E-state index contributed by atoms with van der Waals surface area (Å²) < 4.78 is 62.2. The quantitative estimate of drug-likeness (QED) is 0.761. The van der Waals surface area contributed by atoms with Crippen molar-refractivity contribution in [1.29, 1.82) is 0 Å². The van der Waals surface area contributed by atoms with Gasteiger partial charge in [0.1, 0.15) is 0 Å². The van der Waals surface area contributed by atoms with Crippen molar-refractivity contribution in [3.63, 3.8) is 0 Å². The number of hydrogen-bond donors (Lipinski definition) is 1. The fourth-order valence-corrected chi connectivity index (χ4v) is 3.92. The Morgan fingerprint density at radius 3 is 2.57 bits per heavy atom. The Kier molecular flexibility index (Phi) is 7.03. The molecule has 0 spiro atoms. The number of rotatable bonds is 4. The lowest BCUT2D eigenvalue weighted by Gasteiger charge is -2.40. The van der Waals surface area contributed by atoms with Crippen LogP contribution in [0.4, 0.5) is 18.0 Å². The number of likely N-dealkylation sites (tertiary alicyclic amines) is 1. The van der Waals surface area contributed by atoms with Crippen LogP contribution in [0.3, 0.4) is 0 Å². The van der Waals surface area contributed by atoms with Gasteiger partial charge in [-0.05, 0) is 31.4 Å². The summed E-state index contributed by atoms with van der Waals surface area (Å²) in [6, 6.07) is 4.48. The van der Waals surface area contributed by atoms with Gasteiger partial charge in [-0.3, -0.25) is 0 Å². The number of nitrogens with zero attached hydrogens (tertiary/aromatic N) is 1. The van der Waals surface area contributed by atoms with E-state index in [-0.39, 0.29) is 24.4 Å². The molecule has 5 nitrogen and oxygen atoms in total. The molecule has 2 rings (SSSR count). The number of urea groups is 1. The van der Waals surface area contributed by atoms with Crippen LogP contribution in [0.25, 0.3) is 0 Å². The maximum Gasteiger partial charge on any atom is 0.391 e. The first-order chi connectivity index (χ1) is 12.9. The van der Waals surface area contributed by atoms with E-state index >= 15 is 0 Å². The Bertz CT molecular complexity index is 843. The van der Waals surface area contributed by atoms with E-state index in [4.69, 9.17) is 11.6 Å². The summed E-state index contributed by atoms with van der Waals surface area (Å²) >= 11 is 6.18. The van der Waals surface area contributed by atoms with Crippen molar-refractivity contribution in [2.24, 2.45) is 5.92 Å². The minimum Gasteiger partial charge on any atom is -0.332 e. The molecule has 1 aliphatic rings. The summed E-state index contributed by atoms with van der Waals surface area (Å²) in [6.07, 6.45) is -2.51. The Hall–Kier alpha value is -1.74. The number of halogens is 4. The number of amides is 2. The molecule has 1 saturated heterocycles. The summed E-state index contributed by atoms with van der Waals surface area (Å²) in [5.41, 5.74) is 0.451. The van der Waals surface area contributed by atoms with Crippen molar-refractivity contribution in [3.8, 4) is 0 Å². The van der Waals surface area contributed by atoms with Gasteiger partial charge in [-0.1, -0.05) is 35.9 Å². The van der Waals surface area contributed by atoms with Crippen molar-refractivity contribution in [1.82, 2.24) is 10.2 Å². The standard InChI is InChI=1S/C18H22ClF3N2O3S/c1-12(8-10-28(2,26)27)23-17(25)24-9-7-13(18(20,21)22)11-16(24)14-5-3-4-6-15(14)19/h3-6,8,10,12-13,16H,7,9,11H2,1-2H3,(H,23,25)/b10-8+/t12?,13-,16+/m1/s1. The number of piperidine rings is 1. The van der Waals surface area contributed by atoms with E-state index in [2.05, 4.69) is 5.32 Å². The molecule has 1 aromatic rings. The maximum absolute atomic E-state index is 13.3. The van der Waals surface area contributed by atoms with Crippen LogP contribution < -0.4 is 5.32 Å². The van der Waals surface area contributed by atoms with Crippen LogP contribution in [0.2, 0.25) is 5.02 Å². The van der Waals surface area contributed by atoms with E-state index in [1.807, 2.05) is 0 Å². The topological polar surface area (TPSA) is 66.5 Å². The predicted octanol–water partition coefficient (Wildman–Crippen LogP) is 4.31. The smallest absolute Gasteiger partial charge is 0.332 e. The first kappa shape index (κ1) is 22.5. The van der Waals surface area contributed by atoms with Gasteiger partial charge < -0.3 is 10.2 Å². The number of carbonyl (C=O) groups is 1. The van der Waals surface area contributed by atoms with E-state index in [1.165, 1.54) is 11.0 Å². The molecular formula is C18H22ClF3N2O3S. The number of nitrogens with one attached hydrogen (secondary N) is 1. The van der Waals surface area contributed by atoms with Crippen molar-refractivity contribution in [2.75, 3.05) is 12.8 Å². The summed E-state index contributed by atoms with van der Waals surface area (Å²) in [4.78, 5) is 14.0. The highest BCUT2D eigenvalue weighted by Gasteiger charge is 2.46. The third-order valence-corrected chi connectivity index (χ3v) is 5.55. The zero-order chi connectivity index (χ0) is 21.1. The Morgan fingerprint density at radius 2 is 2.00 bits per heavy atom. The molecule has 1 unspecified atom stereocenters. The Labute approximate surface area is 167 Å². The molecule has 0 saturated carbocycles. The van der Waals surface area contributed by atoms with Crippen LogP contribution in [0.15, 0.2) is 35.7 Å². The monoisotopic (exact) mass is 438 g/mol. The van der Waals surface area contributed by atoms with Gasteiger partial charge in [0.15, 0.2) is 9.84 Å². The second kappa shape index (κ2) is 8.73. The van der Waals surface area contributed by atoms with E-state index in [0.29, 0.717) is 5.56 Å². The molecule has 0 aliphatic carbocycles. The van der Waals surface area contributed by atoms with Crippen molar-refractivity contribution < 1.29 is 26.4 Å². The average Bonchev–Trinajstić information content (AvgIpc) is 2.58. The molecular weight excluding hydrogens is 417 g/mol. The Morgan fingerprint density at radius 1 is 1.36 bits per heavy atom. The van der Waals surface area contributed by atoms with Gasteiger partial charge in [0.25, 0.3) is 0 Å². The summed E-state index contributed by atoms with van der Waals surface area (Å²) in [7, 11) is -3.35. The predicted molar refractivity (Wildman–Crippen MR) is 102 cm³/mol. The number of hydrogen-bond acceptors (Lipinski definition) is 3. The van der Waals surface area contributed by atoms with Crippen LogP contribution in [0.5, 0.6) is 0 Å². The summed E-state index contributed by atoms with van der Waals surface area (Å²) in [5.74, 6) is -1.53. The largest absolute Gasteiger partial charge is 0.391 e. The molecule has 1 aliphatic heterocycles. The average molecular weight is 439 g/mol. The number of sulfone groups is 1. The van der Waals surface area contributed by atoms with Crippen molar-refractivity contribution in [3.05, 3.63) is 46.3 Å². The molecule has 1 aromatic carbocycles. The molecule has 10 heteroatoms. The van der Waals surface area contributed by atoms with Crippen LogP contribution in [0.1, 0.15) is 31.4 Å². The maximum atomic E-state index is 13.3. The van der Waals surface area contributed by atoms with E-state index < -0.39 is 40.0 Å². The third-order valence-electron chi connectivity index (χ3n) is 4.56. The van der Waals surface area contributed by atoms with E-state index in [9.17, 15) is 26.4 Å². The highest BCUT2D eigenvalue weighted by molar-refractivity contribution is 7.93. The lowest BCUT2D eigenvalue weighted by atomic mass is 9.86. The van der Waals surface area contributed by atoms with Gasteiger partial charge in [-0.15, -0.1) is 0 Å². The molecule has 3 atom stereocenters. The molecule has 0 bridgehead atoms. The lowest BCUT2D eigenvalue weighted by molar-refractivity contribution is -0.188. The first-order valence-corrected chi connectivity index (χ1v) is 11.0. The second-order valence-electron chi connectivity index (χ2n) is 6.89. The highest BCUT2D eigenvalue weighted by Crippen LogP contribution is 2.43. The van der Waals surface area contributed by atoms with Crippen LogP contribution in [-0.4, -0.2) is 44.4 Å². The van der Waals surface area contributed by atoms with Crippen LogP contribution in [0, 0.1) is 5.92 Å². The van der Waals surface area contributed by atoms with E-state index in [1.54, 1.807) is 31.2 Å². The normalized spacial score (nSPS) is 22.3. The number of alkyl halides is 3. The second-order valence-corrected chi connectivity index (χ2v) is 9.23. The minimum absolute atomic E-state index is 0.0889. The van der Waals surface area contributed by atoms with Gasteiger partial charge in [-0.25, -0.2) is 13.2 Å². The third kappa shape index (κ3) is 6.13. The van der Waals surface area contributed by atoms with Gasteiger partial charge >= 0.3 is 12.2 Å². The SMILES string of the molecule is CC(/C=C/S(C)(=O)=O)NC(=O)N1CC[C@@H](C(F)(F)F)C[C@H]1c1ccccc1Cl. The minimum atomic E-state index is -4.35. The summed E-state index contributed by atoms with van der Waals surface area (Å²) in [6.45, 7) is 1.49. The molecule has 1 heterocycles. The number of benzene rings is 1. The molecule has 0 aromatic heterocycles. The van der Waals surface area contributed by atoms with E-state index in [0.717, 1.165) is 11.7 Å². The van der Waals surface area contributed by atoms with Gasteiger partial charge in [0, 0.05) is 29.3 Å². The number of carbonyl (C=O) groups excluding carboxylic acids is 1. The van der Waals surface area contributed by atoms with Crippen molar-refractivity contribution in [2.45, 2.75) is 38.0 Å². The zero-order valence-electron chi connectivity index (χ0n) is 15.4. The molecule has 1 fully saturated rings. The molecule has 2 amide bonds. The summed E-state index contributed by atoms with van der Waals surface area (Å²) in [5, 5.41) is 3.87. The highest BCUT2D eigenvalue weighted by atomic mass is 35.5. The lowest BCUT2D eigenvalue weighted by Crippen LogP contribution is -2.50. The molecule has 0 radical (unpaired) electrons.